The third kappa shape index (κ3) is 6.24. The van der Waals surface area contributed by atoms with Crippen molar-refractivity contribution in [2.45, 2.75) is 31.3 Å². The molecule has 0 amide bonds. The second-order valence-corrected chi connectivity index (χ2v) is 10.3. The van der Waals surface area contributed by atoms with E-state index >= 15 is 0 Å². The number of alkyl halides is 3. The molecule has 7 nitrogen and oxygen atoms in total. The first-order valence-electron chi connectivity index (χ1n) is 12.2. The number of nitrogens with zero attached hydrogens (tertiary/aromatic N) is 3. The van der Waals surface area contributed by atoms with E-state index in [0.29, 0.717) is 24.5 Å². The van der Waals surface area contributed by atoms with Gasteiger partial charge in [0.25, 0.3) is 0 Å². The van der Waals surface area contributed by atoms with Gasteiger partial charge in [-0.1, -0.05) is 18.2 Å². The standard InChI is InChI=1S/C26H29F3N4O3S/c1-17-12-32(14-20-11-23(31-36-20)21-4-2-3-5-22(21)26(27,28)29)8-9-33(17)13-18(34)15-35-19-6-7-25-24(10-19)30-16-37-25/h2-7,10-11,16-18,20,31,34H,8-9,12-15H2,1H3/t17-,18+,20+/m0/s1. The summed E-state index contributed by atoms with van der Waals surface area (Å²) in [6.45, 7) is 5.64. The van der Waals surface area contributed by atoms with E-state index in [-0.39, 0.29) is 24.3 Å². The zero-order valence-corrected chi connectivity index (χ0v) is 21.1. The Hall–Kier alpha value is -2.70. The molecule has 3 aromatic rings. The van der Waals surface area contributed by atoms with Crippen LogP contribution in [-0.4, -0.2) is 77.5 Å². The van der Waals surface area contributed by atoms with E-state index in [4.69, 9.17) is 9.57 Å². The predicted molar refractivity (Wildman–Crippen MR) is 136 cm³/mol. The summed E-state index contributed by atoms with van der Waals surface area (Å²) >= 11 is 1.57. The smallest absolute Gasteiger partial charge is 0.417 e. The number of hydrogen-bond acceptors (Lipinski definition) is 8. The molecule has 1 saturated heterocycles. The molecule has 11 heteroatoms. The Morgan fingerprint density at radius 3 is 2.89 bits per heavy atom. The molecule has 3 heterocycles. The highest BCUT2D eigenvalue weighted by molar-refractivity contribution is 7.16. The quantitative estimate of drug-likeness (QED) is 0.453. The van der Waals surface area contributed by atoms with Crippen molar-refractivity contribution in [1.29, 1.82) is 0 Å². The monoisotopic (exact) mass is 534 g/mol. The number of ether oxygens (including phenoxy) is 1. The van der Waals surface area contributed by atoms with Crippen molar-refractivity contribution in [2.24, 2.45) is 0 Å². The molecule has 3 atom stereocenters. The van der Waals surface area contributed by atoms with E-state index in [1.54, 1.807) is 29.0 Å². The lowest BCUT2D eigenvalue weighted by Gasteiger charge is -2.41. The fourth-order valence-corrected chi connectivity index (χ4v) is 5.46. The predicted octanol–water partition coefficient (Wildman–Crippen LogP) is 4.01. The molecule has 5 rings (SSSR count). The molecule has 37 heavy (non-hydrogen) atoms. The first-order valence-corrected chi connectivity index (χ1v) is 13.0. The molecule has 0 bridgehead atoms. The summed E-state index contributed by atoms with van der Waals surface area (Å²) in [6, 6.07) is 11.4. The summed E-state index contributed by atoms with van der Waals surface area (Å²) in [5, 5.41) is 10.6. The highest BCUT2D eigenvalue weighted by Gasteiger charge is 2.35. The van der Waals surface area contributed by atoms with Crippen LogP contribution < -0.4 is 10.2 Å². The first-order chi connectivity index (χ1) is 17.8. The molecule has 0 unspecified atom stereocenters. The van der Waals surface area contributed by atoms with Gasteiger partial charge in [-0.3, -0.25) is 20.1 Å². The van der Waals surface area contributed by atoms with Gasteiger partial charge in [-0.15, -0.1) is 11.3 Å². The molecular weight excluding hydrogens is 505 g/mol. The Kier molecular flexibility index (Phi) is 7.68. The van der Waals surface area contributed by atoms with Gasteiger partial charge in [0.2, 0.25) is 0 Å². The number of aliphatic hydroxyl groups is 1. The second-order valence-electron chi connectivity index (χ2n) is 9.43. The van der Waals surface area contributed by atoms with Crippen molar-refractivity contribution in [3.8, 4) is 5.75 Å². The van der Waals surface area contributed by atoms with E-state index in [0.717, 1.165) is 35.9 Å². The van der Waals surface area contributed by atoms with Gasteiger partial charge in [0, 0.05) is 50.4 Å². The molecule has 2 N–H and O–H groups in total. The highest BCUT2D eigenvalue weighted by atomic mass is 32.1. The largest absolute Gasteiger partial charge is 0.491 e. The van der Waals surface area contributed by atoms with Crippen LogP contribution in [0.25, 0.3) is 15.9 Å². The molecule has 1 aromatic heterocycles. The Bertz CT molecular complexity index is 1250. The summed E-state index contributed by atoms with van der Waals surface area (Å²) in [7, 11) is 0. The van der Waals surface area contributed by atoms with Gasteiger partial charge in [-0.2, -0.15) is 13.2 Å². The van der Waals surface area contributed by atoms with Gasteiger partial charge in [0.15, 0.2) is 0 Å². The van der Waals surface area contributed by atoms with Gasteiger partial charge in [-0.05, 0) is 31.2 Å². The minimum atomic E-state index is -4.44. The number of aromatic nitrogens is 1. The number of benzene rings is 2. The Morgan fingerprint density at radius 1 is 1.24 bits per heavy atom. The molecule has 1 fully saturated rings. The number of thiazole rings is 1. The first kappa shape index (κ1) is 25.9. The van der Waals surface area contributed by atoms with Gasteiger partial charge in [0.05, 0.1) is 27.0 Å². The van der Waals surface area contributed by atoms with Crippen LogP contribution in [-0.2, 0) is 11.0 Å². The Labute approximate surface area is 217 Å². The van der Waals surface area contributed by atoms with Crippen LogP contribution in [0.15, 0.2) is 54.1 Å². The van der Waals surface area contributed by atoms with Crippen molar-refractivity contribution in [3.63, 3.8) is 0 Å². The Morgan fingerprint density at radius 2 is 2.08 bits per heavy atom. The van der Waals surface area contributed by atoms with E-state index < -0.39 is 17.8 Å². The topological polar surface area (TPSA) is 70.1 Å². The van der Waals surface area contributed by atoms with Gasteiger partial charge >= 0.3 is 6.18 Å². The maximum atomic E-state index is 13.4. The summed E-state index contributed by atoms with van der Waals surface area (Å²) < 4.78 is 47.0. The zero-order valence-electron chi connectivity index (χ0n) is 20.3. The normalized spacial score (nSPS) is 22.1. The number of piperazine rings is 1. The summed E-state index contributed by atoms with van der Waals surface area (Å²) in [6.07, 6.45) is -3.72. The fraction of sp³-hybridized carbons (Fsp3) is 0.423. The number of hydrogen-bond donors (Lipinski definition) is 2. The molecule has 2 aliphatic rings. The molecule has 2 aliphatic heterocycles. The summed E-state index contributed by atoms with van der Waals surface area (Å²) in [5.74, 6) is 0.686. The molecule has 0 aliphatic carbocycles. The zero-order chi connectivity index (χ0) is 26.0. The van der Waals surface area contributed by atoms with Crippen LogP contribution in [0.5, 0.6) is 5.75 Å². The van der Waals surface area contributed by atoms with Gasteiger partial charge in [-0.25, -0.2) is 4.98 Å². The highest BCUT2D eigenvalue weighted by Crippen LogP contribution is 2.35. The van der Waals surface area contributed by atoms with Crippen molar-refractivity contribution in [2.75, 3.05) is 39.3 Å². The van der Waals surface area contributed by atoms with Crippen LogP contribution in [0.2, 0.25) is 0 Å². The van der Waals surface area contributed by atoms with Gasteiger partial charge in [0.1, 0.15) is 24.6 Å². The van der Waals surface area contributed by atoms with Crippen LogP contribution in [0.3, 0.4) is 0 Å². The lowest BCUT2D eigenvalue weighted by molar-refractivity contribution is -0.137. The van der Waals surface area contributed by atoms with E-state index in [9.17, 15) is 18.3 Å². The second kappa shape index (κ2) is 11.0. The number of rotatable bonds is 8. The minimum Gasteiger partial charge on any atom is -0.491 e. The molecular formula is C26H29F3N4O3S. The molecule has 198 valence electrons. The maximum Gasteiger partial charge on any atom is 0.417 e. The third-order valence-electron chi connectivity index (χ3n) is 6.67. The van der Waals surface area contributed by atoms with Crippen LogP contribution in [0, 0.1) is 0 Å². The summed E-state index contributed by atoms with van der Waals surface area (Å²) in [5.41, 5.74) is 5.09. The van der Waals surface area contributed by atoms with Crippen molar-refractivity contribution >= 4 is 27.3 Å². The number of nitrogens with one attached hydrogen (secondary N) is 1. The molecule has 2 aromatic carbocycles. The van der Waals surface area contributed by atoms with E-state index in [1.807, 2.05) is 18.2 Å². The van der Waals surface area contributed by atoms with Crippen molar-refractivity contribution in [1.82, 2.24) is 20.3 Å². The SMILES string of the molecule is C[C@H]1CN(C[C@H]2C=C(c3ccccc3C(F)(F)F)NO2)CCN1C[C@@H](O)COc1ccc2scnc2c1. The van der Waals surface area contributed by atoms with Gasteiger partial charge < -0.3 is 9.84 Å². The number of β-amino-alcohol motifs (C(OH)–C–C–N with tert-alkyl or cyclic N) is 1. The number of aliphatic hydroxyl groups excluding tert-OH is 1. The lowest BCUT2D eigenvalue weighted by atomic mass is 10.0. The lowest BCUT2D eigenvalue weighted by Crippen LogP contribution is -2.55. The average Bonchev–Trinajstić information content (AvgIpc) is 3.53. The van der Waals surface area contributed by atoms with Crippen LogP contribution in [0.4, 0.5) is 13.2 Å². The third-order valence-corrected chi connectivity index (χ3v) is 7.48. The van der Waals surface area contributed by atoms with Crippen LogP contribution >= 0.6 is 11.3 Å². The number of hydroxylamine groups is 1. The summed E-state index contributed by atoms with van der Waals surface area (Å²) in [4.78, 5) is 14.3. The maximum absolute atomic E-state index is 13.4. The number of fused-ring (bicyclic) bond motifs is 1. The molecule has 0 saturated carbocycles. The average molecular weight is 535 g/mol. The van der Waals surface area contributed by atoms with Crippen LogP contribution in [0.1, 0.15) is 18.1 Å². The fourth-order valence-electron chi connectivity index (χ4n) is 4.80. The number of halogens is 3. The van der Waals surface area contributed by atoms with E-state index in [1.165, 1.54) is 12.1 Å². The minimum absolute atomic E-state index is 0.0819. The van der Waals surface area contributed by atoms with Crippen molar-refractivity contribution in [3.05, 3.63) is 65.2 Å². The molecule has 0 spiro atoms. The van der Waals surface area contributed by atoms with E-state index in [2.05, 4.69) is 27.2 Å². The van der Waals surface area contributed by atoms with Crippen molar-refractivity contribution < 1.29 is 27.9 Å². The molecule has 0 radical (unpaired) electrons. The Balaban J connectivity index is 1.10.